The lowest BCUT2D eigenvalue weighted by Gasteiger charge is -2.12. The summed E-state index contributed by atoms with van der Waals surface area (Å²) in [5, 5.41) is 2.86. The van der Waals surface area contributed by atoms with E-state index in [4.69, 9.17) is 0 Å². The summed E-state index contributed by atoms with van der Waals surface area (Å²) in [6.07, 6.45) is 2.01. The van der Waals surface area contributed by atoms with E-state index in [1.54, 1.807) is 16.8 Å². The second-order valence-electron chi connectivity index (χ2n) is 5.64. The number of nitrogens with zero attached hydrogens (tertiary/aromatic N) is 1. The van der Waals surface area contributed by atoms with Crippen molar-refractivity contribution < 1.29 is 4.79 Å². The van der Waals surface area contributed by atoms with Crippen molar-refractivity contribution in [2.24, 2.45) is 0 Å². The number of pyridine rings is 1. The van der Waals surface area contributed by atoms with Crippen LogP contribution in [0.3, 0.4) is 0 Å². The zero-order chi connectivity index (χ0) is 16.3. The lowest BCUT2D eigenvalue weighted by molar-refractivity contribution is -0.115. The molecule has 0 aliphatic rings. The van der Waals surface area contributed by atoms with E-state index in [0.29, 0.717) is 18.7 Å². The maximum Gasteiger partial charge on any atom is 0.250 e. The molecule has 2 aromatic rings. The highest BCUT2D eigenvalue weighted by Crippen LogP contribution is 2.17. The Labute approximate surface area is 130 Å². The van der Waals surface area contributed by atoms with Crippen LogP contribution >= 0.6 is 0 Å². The number of aromatic nitrogens is 1. The number of carbonyl (C=O) groups is 1. The van der Waals surface area contributed by atoms with Gasteiger partial charge in [-0.2, -0.15) is 0 Å². The van der Waals surface area contributed by atoms with Gasteiger partial charge in [0.15, 0.2) is 0 Å². The van der Waals surface area contributed by atoms with Crippen LogP contribution in [0.15, 0.2) is 35.3 Å². The van der Waals surface area contributed by atoms with E-state index in [1.807, 2.05) is 20.8 Å². The van der Waals surface area contributed by atoms with Crippen molar-refractivity contribution in [3.8, 4) is 0 Å². The zero-order valence-electron chi connectivity index (χ0n) is 13.6. The predicted octanol–water partition coefficient (Wildman–Crippen LogP) is 2.97. The minimum atomic E-state index is -0.0728. The normalized spacial score (nSPS) is 10.5. The van der Waals surface area contributed by atoms with E-state index in [2.05, 4.69) is 24.4 Å². The van der Waals surface area contributed by atoms with Crippen LogP contribution in [0.2, 0.25) is 0 Å². The topological polar surface area (TPSA) is 51.1 Å². The number of benzene rings is 1. The van der Waals surface area contributed by atoms with Gasteiger partial charge >= 0.3 is 0 Å². The van der Waals surface area contributed by atoms with Gasteiger partial charge in [-0.1, -0.05) is 17.7 Å². The van der Waals surface area contributed by atoms with Gasteiger partial charge in [0.05, 0.1) is 12.1 Å². The quantitative estimate of drug-likeness (QED) is 0.943. The SMILES string of the molecule is CCn1cc(NC(=O)Cc2c(C)cc(C)cc2C)ccc1=O. The van der Waals surface area contributed by atoms with Gasteiger partial charge in [0.25, 0.3) is 5.56 Å². The molecule has 0 atom stereocenters. The van der Waals surface area contributed by atoms with E-state index in [0.717, 1.165) is 16.7 Å². The molecule has 0 saturated carbocycles. The molecule has 0 fully saturated rings. The molecular formula is C18H22N2O2. The Morgan fingerprint density at radius 1 is 1.14 bits per heavy atom. The summed E-state index contributed by atoms with van der Waals surface area (Å²) in [4.78, 5) is 23.8. The molecule has 22 heavy (non-hydrogen) atoms. The van der Waals surface area contributed by atoms with Crippen LogP contribution < -0.4 is 10.9 Å². The van der Waals surface area contributed by atoms with E-state index in [-0.39, 0.29) is 11.5 Å². The first kappa shape index (κ1) is 16.0. The Morgan fingerprint density at radius 3 is 2.36 bits per heavy atom. The van der Waals surface area contributed by atoms with Gasteiger partial charge in [-0.05, 0) is 50.5 Å². The molecule has 1 heterocycles. The maximum absolute atomic E-state index is 12.3. The molecule has 1 aromatic heterocycles. The van der Waals surface area contributed by atoms with Gasteiger partial charge in [0.2, 0.25) is 5.91 Å². The monoisotopic (exact) mass is 298 g/mol. The highest BCUT2D eigenvalue weighted by Gasteiger charge is 2.10. The predicted molar refractivity (Wildman–Crippen MR) is 89.4 cm³/mol. The fourth-order valence-corrected chi connectivity index (χ4v) is 2.71. The second kappa shape index (κ2) is 6.60. The van der Waals surface area contributed by atoms with Gasteiger partial charge in [-0.15, -0.1) is 0 Å². The number of amides is 1. The van der Waals surface area contributed by atoms with Gasteiger partial charge in [0.1, 0.15) is 0 Å². The summed E-state index contributed by atoms with van der Waals surface area (Å²) in [5.74, 6) is -0.0728. The Morgan fingerprint density at radius 2 is 1.77 bits per heavy atom. The molecule has 0 aliphatic carbocycles. The van der Waals surface area contributed by atoms with Crippen LogP contribution in [0.1, 0.15) is 29.2 Å². The van der Waals surface area contributed by atoms with E-state index in [1.165, 1.54) is 11.6 Å². The summed E-state index contributed by atoms with van der Waals surface area (Å²) in [7, 11) is 0. The number of rotatable bonds is 4. The molecule has 0 spiro atoms. The average Bonchev–Trinajstić information content (AvgIpc) is 2.45. The van der Waals surface area contributed by atoms with Crippen molar-refractivity contribution in [2.45, 2.75) is 40.7 Å². The second-order valence-corrected chi connectivity index (χ2v) is 5.64. The first-order valence-corrected chi connectivity index (χ1v) is 7.47. The maximum atomic E-state index is 12.3. The number of aryl methyl sites for hydroxylation is 4. The fraction of sp³-hybridized carbons (Fsp3) is 0.333. The van der Waals surface area contributed by atoms with Crippen molar-refractivity contribution in [1.82, 2.24) is 4.57 Å². The summed E-state index contributed by atoms with van der Waals surface area (Å²) in [6.45, 7) is 8.59. The third kappa shape index (κ3) is 3.64. The Balaban J connectivity index is 2.16. The molecule has 0 bridgehead atoms. The standard InChI is InChI=1S/C18H22N2O2/c1-5-20-11-15(6-7-18(20)22)19-17(21)10-16-13(3)8-12(2)9-14(16)4/h6-9,11H,5,10H2,1-4H3,(H,19,21). The van der Waals surface area contributed by atoms with Crippen LogP contribution in [0.25, 0.3) is 0 Å². The van der Waals surface area contributed by atoms with Crippen LogP contribution in [-0.4, -0.2) is 10.5 Å². The Bertz CT molecular complexity index is 737. The third-order valence-electron chi connectivity index (χ3n) is 3.79. The van der Waals surface area contributed by atoms with Crippen LogP contribution in [0.4, 0.5) is 5.69 Å². The third-order valence-corrected chi connectivity index (χ3v) is 3.79. The fourth-order valence-electron chi connectivity index (χ4n) is 2.71. The molecule has 1 amide bonds. The van der Waals surface area contributed by atoms with Crippen molar-refractivity contribution in [1.29, 1.82) is 0 Å². The number of hydrogen-bond acceptors (Lipinski definition) is 2. The first-order chi connectivity index (χ1) is 10.4. The molecule has 1 aromatic carbocycles. The van der Waals surface area contributed by atoms with Crippen LogP contribution in [-0.2, 0) is 17.8 Å². The molecular weight excluding hydrogens is 276 g/mol. The molecule has 0 saturated heterocycles. The lowest BCUT2D eigenvalue weighted by Crippen LogP contribution is -2.21. The van der Waals surface area contributed by atoms with Crippen molar-refractivity contribution >= 4 is 11.6 Å². The van der Waals surface area contributed by atoms with Crippen molar-refractivity contribution in [2.75, 3.05) is 5.32 Å². The van der Waals surface area contributed by atoms with E-state index in [9.17, 15) is 9.59 Å². The minimum Gasteiger partial charge on any atom is -0.324 e. The minimum absolute atomic E-state index is 0.0641. The van der Waals surface area contributed by atoms with E-state index >= 15 is 0 Å². The average molecular weight is 298 g/mol. The van der Waals surface area contributed by atoms with Gasteiger partial charge < -0.3 is 9.88 Å². The molecule has 0 unspecified atom stereocenters. The molecule has 4 nitrogen and oxygen atoms in total. The molecule has 0 aliphatic heterocycles. The molecule has 4 heteroatoms. The first-order valence-electron chi connectivity index (χ1n) is 7.47. The van der Waals surface area contributed by atoms with Crippen LogP contribution in [0.5, 0.6) is 0 Å². The van der Waals surface area contributed by atoms with Gasteiger partial charge in [-0.25, -0.2) is 0 Å². The molecule has 2 rings (SSSR count). The van der Waals surface area contributed by atoms with Crippen molar-refractivity contribution in [3.63, 3.8) is 0 Å². The van der Waals surface area contributed by atoms with Gasteiger partial charge in [0, 0.05) is 18.8 Å². The number of carbonyl (C=O) groups excluding carboxylic acids is 1. The summed E-state index contributed by atoms with van der Waals surface area (Å²) in [6, 6.07) is 7.29. The highest BCUT2D eigenvalue weighted by atomic mass is 16.1. The molecule has 0 radical (unpaired) electrons. The summed E-state index contributed by atoms with van der Waals surface area (Å²) >= 11 is 0. The largest absolute Gasteiger partial charge is 0.324 e. The smallest absolute Gasteiger partial charge is 0.250 e. The van der Waals surface area contributed by atoms with Crippen molar-refractivity contribution in [3.05, 3.63) is 63.1 Å². The van der Waals surface area contributed by atoms with Crippen LogP contribution in [0, 0.1) is 20.8 Å². The molecule has 116 valence electrons. The summed E-state index contributed by atoms with van der Waals surface area (Å²) in [5.41, 5.74) is 5.11. The number of anilines is 1. The molecule has 1 N–H and O–H groups in total. The zero-order valence-corrected chi connectivity index (χ0v) is 13.6. The summed E-state index contributed by atoms with van der Waals surface area (Å²) < 4.78 is 1.57. The van der Waals surface area contributed by atoms with E-state index < -0.39 is 0 Å². The van der Waals surface area contributed by atoms with Gasteiger partial charge in [-0.3, -0.25) is 9.59 Å². The highest BCUT2D eigenvalue weighted by molar-refractivity contribution is 5.92. The Kier molecular flexibility index (Phi) is 4.81. The number of nitrogens with one attached hydrogen (secondary N) is 1. The Hall–Kier alpha value is -2.36. The number of hydrogen-bond donors (Lipinski definition) is 1. The lowest BCUT2D eigenvalue weighted by atomic mass is 9.97.